The largest absolute Gasteiger partial charge is 0.268 e. The minimum Gasteiger partial charge on any atom is -0.268 e. The normalized spacial score (nSPS) is 24.6. The second-order valence-corrected chi connectivity index (χ2v) is 8.28. The zero-order chi connectivity index (χ0) is 7.61. The number of hydrogen-bond acceptors (Lipinski definition) is 1. The lowest BCUT2D eigenvalue weighted by atomic mass is 10.2. The van der Waals surface area contributed by atoms with Crippen LogP contribution in [0, 0.1) is 0 Å². The van der Waals surface area contributed by atoms with Gasteiger partial charge in [-0.05, 0) is 22.6 Å². The molecule has 1 unspecified atom stereocenters. The summed E-state index contributed by atoms with van der Waals surface area (Å²) < 4.78 is 13.6. The van der Waals surface area contributed by atoms with Crippen molar-refractivity contribution < 1.29 is 4.21 Å². The minimum atomic E-state index is -1.99. The molecule has 1 heterocycles. The van der Waals surface area contributed by atoms with E-state index in [2.05, 4.69) is 12.7 Å². The first-order valence-electron chi connectivity index (χ1n) is 3.72. The van der Waals surface area contributed by atoms with Gasteiger partial charge in [-0.1, -0.05) is 14.9 Å². The van der Waals surface area contributed by atoms with E-state index in [1.807, 2.05) is 6.26 Å². The van der Waals surface area contributed by atoms with Gasteiger partial charge in [0.15, 0.2) is 0 Å². The Morgan fingerprint density at radius 1 is 1.30 bits per heavy atom. The van der Waals surface area contributed by atoms with Crippen LogP contribution in [-0.4, -0.2) is 27.9 Å². The van der Waals surface area contributed by atoms with Gasteiger partial charge in [0.1, 0.15) is 0 Å². The molecule has 0 saturated carbocycles. The summed E-state index contributed by atoms with van der Waals surface area (Å²) in [6, 6.07) is 0. The molecule has 10 heavy (non-hydrogen) atoms. The highest BCUT2D eigenvalue weighted by molar-refractivity contribution is 8.43. The second kappa shape index (κ2) is 3.29. The fraction of sp³-hybridized carbons (Fsp3) is 1.00. The summed E-state index contributed by atoms with van der Waals surface area (Å²) in [5, 5.41) is 0. The maximum absolute atomic E-state index is 11.5. The van der Waals surface area contributed by atoms with Crippen molar-refractivity contribution in [1.82, 2.24) is 4.31 Å². The van der Waals surface area contributed by atoms with Crippen molar-refractivity contribution in [3.8, 4) is 0 Å². The molecule has 1 aliphatic heterocycles. The predicted molar refractivity (Wildman–Crippen MR) is 50.6 cm³/mol. The molecule has 0 amide bonds. The molecule has 0 radical (unpaired) electrons. The Bertz CT molecular complexity index is 150. The van der Waals surface area contributed by atoms with E-state index in [-0.39, 0.29) is 0 Å². The molecular weight excluding hydrogens is 165 g/mol. The summed E-state index contributed by atoms with van der Waals surface area (Å²) in [5.74, 6) is 0. The van der Waals surface area contributed by atoms with Crippen LogP contribution in [0.3, 0.4) is 0 Å². The Kier molecular flexibility index (Phi) is 2.84. The van der Waals surface area contributed by atoms with Crippen molar-refractivity contribution in [3.05, 3.63) is 0 Å². The van der Waals surface area contributed by atoms with Gasteiger partial charge < -0.3 is 0 Å². The van der Waals surface area contributed by atoms with Crippen molar-refractivity contribution in [1.29, 1.82) is 0 Å². The van der Waals surface area contributed by atoms with Gasteiger partial charge in [0.05, 0.1) is 0 Å². The van der Waals surface area contributed by atoms with Crippen LogP contribution in [-0.2, 0) is 9.74 Å². The van der Waals surface area contributed by atoms with Crippen molar-refractivity contribution in [3.63, 3.8) is 0 Å². The highest BCUT2D eigenvalue weighted by Gasteiger charge is 2.16. The number of nitrogens with zero attached hydrogens (tertiary/aromatic N) is 1. The van der Waals surface area contributed by atoms with Crippen molar-refractivity contribution >= 4 is 18.2 Å². The van der Waals surface area contributed by atoms with E-state index in [1.54, 1.807) is 0 Å². The third-order valence-electron chi connectivity index (χ3n) is 1.89. The third-order valence-corrected chi connectivity index (χ3v) is 4.40. The molecule has 1 atom stereocenters. The minimum absolute atomic E-state index is 1.03. The smallest absolute Gasteiger partial charge is 0.00962 e. The van der Waals surface area contributed by atoms with E-state index < -0.39 is 9.74 Å². The fourth-order valence-electron chi connectivity index (χ4n) is 1.27. The van der Waals surface area contributed by atoms with Gasteiger partial charge in [-0.15, -0.1) is 0 Å². The Morgan fingerprint density at radius 3 is 2.10 bits per heavy atom. The third kappa shape index (κ3) is 2.30. The summed E-state index contributed by atoms with van der Waals surface area (Å²) >= 11 is 0. The molecule has 0 N–H and O–H groups in total. The van der Waals surface area contributed by atoms with Gasteiger partial charge in [-0.3, -0.25) is 4.21 Å². The fourth-order valence-corrected chi connectivity index (χ4v) is 3.04. The SMILES string of the molecule is C[SH](=O)(P)N1CCCCC1. The van der Waals surface area contributed by atoms with Crippen molar-refractivity contribution in [2.24, 2.45) is 0 Å². The van der Waals surface area contributed by atoms with Crippen LogP contribution in [0.1, 0.15) is 19.3 Å². The Hall–Kier alpha value is 0.540. The molecule has 4 heteroatoms. The molecule has 1 saturated heterocycles. The van der Waals surface area contributed by atoms with E-state index in [1.165, 1.54) is 19.3 Å². The number of thiol groups is 1. The van der Waals surface area contributed by atoms with Crippen LogP contribution in [0.5, 0.6) is 0 Å². The van der Waals surface area contributed by atoms with E-state index >= 15 is 0 Å². The summed E-state index contributed by atoms with van der Waals surface area (Å²) in [7, 11) is 0.474. The van der Waals surface area contributed by atoms with Gasteiger partial charge in [0.2, 0.25) is 0 Å². The monoisotopic (exact) mass is 181 g/mol. The summed E-state index contributed by atoms with van der Waals surface area (Å²) in [6.07, 6.45) is 5.56. The van der Waals surface area contributed by atoms with Crippen LogP contribution in [0.15, 0.2) is 0 Å². The number of rotatable bonds is 1. The van der Waals surface area contributed by atoms with E-state index in [0.717, 1.165) is 13.1 Å². The molecule has 1 fully saturated rings. The zero-order valence-corrected chi connectivity index (χ0v) is 8.46. The molecule has 0 aromatic heterocycles. The van der Waals surface area contributed by atoms with Gasteiger partial charge in [-0.25, -0.2) is 4.31 Å². The van der Waals surface area contributed by atoms with Crippen LogP contribution < -0.4 is 0 Å². The molecule has 1 aliphatic rings. The van der Waals surface area contributed by atoms with Gasteiger partial charge in [-0.2, -0.15) is 0 Å². The Balaban J connectivity index is 2.47. The van der Waals surface area contributed by atoms with Gasteiger partial charge in [0, 0.05) is 19.3 Å². The average molecular weight is 181 g/mol. The average Bonchev–Trinajstić information content (AvgIpc) is 1.88. The van der Waals surface area contributed by atoms with Crippen LogP contribution in [0.2, 0.25) is 0 Å². The first-order valence-corrected chi connectivity index (χ1v) is 7.45. The topological polar surface area (TPSA) is 20.3 Å². The van der Waals surface area contributed by atoms with Crippen molar-refractivity contribution in [2.45, 2.75) is 19.3 Å². The first kappa shape index (κ1) is 8.63. The van der Waals surface area contributed by atoms with Gasteiger partial charge in [0.25, 0.3) is 0 Å². The predicted octanol–water partition coefficient (Wildman–Crippen LogP) is 0.824. The van der Waals surface area contributed by atoms with Crippen molar-refractivity contribution in [2.75, 3.05) is 19.3 Å². The molecule has 0 bridgehead atoms. The Morgan fingerprint density at radius 2 is 1.80 bits per heavy atom. The van der Waals surface area contributed by atoms with Crippen LogP contribution >= 0.6 is 8.44 Å². The molecule has 0 aromatic carbocycles. The lowest BCUT2D eigenvalue weighted by Gasteiger charge is -2.33. The van der Waals surface area contributed by atoms with Gasteiger partial charge >= 0.3 is 0 Å². The Labute approximate surface area is 65.9 Å². The maximum Gasteiger partial charge on any atom is 0.00962 e. The second-order valence-electron chi connectivity index (χ2n) is 2.96. The molecule has 1 rings (SSSR count). The molecular formula is C6H16NOPS. The molecule has 0 aromatic rings. The standard InChI is InChI=1S/C6H16NOPS/c1-10(8,9)7-5-3-2-4-6-7/h10H,2-6,9H2,1H3. The first-order chi connectivity index (χ1) is 4.61. The molecule has 0 spiro atoms. The molecule has 2 nitrogen and oxygen atoms in total. The quantitative estimate of drug-likeness (QED) is 0.469. The number of piperidine rings is 1. The van der Waals surface area contributed by atoms with E-state index in [4.69, 9.17) is 0 Å². The molecule has 0 aliphatic carbocycles. The van der Waals surface area contributed by atoms with Crippen LogP contribution in [0.4, 0.5) is 0 Å². The van der Waals surface area contributed by atoms with E-state index in [0.29, 0.717) is 0 Å². The lowest BCUT2D eigenvalue weighted by Crippen LogP contribution is -2.35. The summed E-state index contributed by atoms with van der Waals surface area (Å²) in [4.78, 5) is 0. The van der Waals surface area contributed by atoms with E-state index in [9.17, 15) is 4.21 Å². The zero-order valence-electron chi connectivity index (χ0n) is 6.42. The number of hydrogen-bond donors (Lipinski definition) is 1. The summed E-state index contributed by atoms with van der Waals surface area (Å²) in [6.45, 7) is 2.05. The summed E-state index contributed by atoms with van der Waals surface area (Å²) in [5.41, 5.74) is 0. The highest BCUT2D eigenvalue weighted by atomic mass is 32.8. The van der Waals surface area contributed by atoms with Crippen LogP contribution in [0.25, 0.3) is 0 Å². The maximum atomic E-state index is 11.5. The lowest BCUT2D eigenvalue weighted by molar-refractivity contribution is 0.365. The molecule has 62 valence electrons. The highest BCUT2D eigenvalue weighted by Crippen LogP contribution is 2.21.